The van der Waals surface area contributed by atoms with Crippen LogP contribution in [-0.2, 0) is 17.6 Å². The lowest BCUT2D eigenvalue weighted by atomic mass is 9.97. The summed E-state index contributed by atoms with van der Waals surface area (Å²) in [7, 11) is 0. The summed E-state index contributed by atoms with van der Waals surface area (Å²) in [6, 6.07) is 5.88. The van der Waals surface area contributed by atoms with Crippen LogP contribution in [-0.4, -0.2) is 21.1 Å². The molecule has 1 aromatic carbocycles. The predicted molar refractivity (Wildman–Crippen MR) is 106 cm³/mol. The summed E-state index contributed by atoms with van der Waals surface area (Å²) in [5.74, 6) is -0.0634. The summed E-state index contributed by atoms with van der Waals surface area (Å²) >= 11 is 1.33. The number of nitrogens with one attached hydrogen (secondary N) is 2. The molecule has 2 N–H and O–H groups in total. The molecule has 1 aliphatic carbocycles. The van der Waals surface area contributed by atoms with Crippen LogP contribution < -0.4 is 10.9 Å². The fourth-order valence-electron chi connectivity index (χ4n) is 3.19. The highest BCUT2D eigenvalue weighted by molar-refractivity contribution is 8.00. The first-order valence-corrected chi connectivity index (χ1v) is 10.0. The second-order valence-electron chi connectivity index (χ2n) is 6.75. The number of benzene rings is 1. The van der Waals surface area contributed by atoms with E-state index in [0.717, 1.165) is 53.8 Å². The number of amides is 1. The van der Waals surface area contributed by atoms with Crippen LogP contribution in [0.15, 0.2) is 28.2 Å². The second-order valence-corrected chi connectivity index (χ2v) is 7.95. The third-order valence-electron chi connectivity index (χ3n) is 4.95. The first-order valence-electron chi connectivity index (χ1n) is 9.15. The van der Waals surface area contributed by atoms with Crippen LogP contribution in [0, 0.1) is 13.8 Å². The molecule has 2 aromatic rings. The number of thioether (sulfide) groups is 1. The zero-order valence-electron chi connectivity index (χ0n) is 15.5. The topological polar surface area (TPSA) is 74.8 Å². The van der Waals surface area contributed by atoms with Gasteiger partial charge in [0.05, 0.1) is 10.9 Å². The second kappa shape index (κ2) is 8.08. The Labute approximate surface area is 158 Å². The number of rotatable bonds is 5. The lowest BCUT2D eigenvalue weighted by Crippen LogP contribution is -2.27. The van der Waals surface area contributed by atoms with E-state index in [1.54, 1.807) is 0 Å². The van der Waals surface area contributed by atoms with Crippen molar-refractivity contribution in [3.63, 3.8) is 0 Å². The van der Waals surface area contributed by atoms with Crippen molar-refractivity contribution >= 4 is 23.4 Å². The molecule has 0 saturated heterocycles. The van der Waals surface area contributed by atoms with Gasteiger partial charge in [-0.2, -0.15) is 0 Å². The van der Waals surface area contributed by atoms with Crippen molar-refractivity contribution in [3.05, 3.63) is 50.9 Å². The lowest BCUT2D eigenvalue weighted by Gasteiger charge is -2.18. The van der Waals surface area contributed by atoms with Gasteiger partial charge in [-0.1, -0.05) is 30.8 Å². The molecule has 1 aliphatic rings. The van der Waals surface area contributed by atoms with Crippen LogP contribution in [0.1, 0.15) is 48.6 Å². The van der Waals surface area contributed by atoms with Crippen LogP contribution in [0.25, 0.3) is 0 Å². The summed E-state index contributed by atoms with van der Waals surface area (Å²) in [6.45, 7) is 6.00. The SMILES string of the molecule is CCC(Sc1nc2c(c(=O)[nH]1)CCCC2)C(=O)Nc1cccc(C)c1C. The Morgan fingerprint density at radius 1 is 1.31 bits per heavy atom. The van der Waals surface area contributed by atoms with Gasteiger partial charge < -0.3 is 10.3 Å². The van der Waals surface area contributed by atoms with E-state index in [2.05, 4.69) is 15.3 Å². The number of carbonyl (C=O) groups is 1. The Morgan fingerprint density at radius 2 is 2.08 bits per heavy atom. The molecule has 1 unspecified atom stereocenters. The maximum absolute atomic E-state index is 12.7. The van der Waals surface area contributed by atoms with Gasteiger partial charge in [-0.25, -0.2) is 4.98 Å². The highest BCUT2D eigenvalue weighted by atomic mass is 32.2. The quantitative estimate of drug-likeness (QED) is 0.620. The number of nitrogens with zero attached hydrogens (tertiary/aromatic N) is 1. The van der Waals surface area contributed by atoms with Gasteiger partial charge in [0.15, 0.2) is 5.16 Å². The zero-order valence-corrected chi connectivity index (χ0v) is 16.3. The van der Waals surface area contributed by atoms with Gasteiger partial charge in [0.1, 0.15) is 0 Å². The fourth-order valence-corrected chi connectivity index (χ4v) is 4.11. The van der Waals surface area contributed by atoms with Crippen molar-refractivity contribution < 1.29 is 4.79 Å². The maximum Gasteiger partial charge on any atom is 0.254 e. The Bertz CT molecular complexity index is 876. The minimum atomic E-state index is -0.306. The zero-order chi connectivity index (χ0) is 18.7. The minimum Gasteiger partial charge on any atom is -0.325 e. The van der Waals surface area contributed by atoms with Crippen molar-refractivity contribution in [1.82, 2.24) is 9.97 Å². The molecule has 0 fully saturated rings. The van der Waals surface area contributed by atoms with E-state index in [9.17, 15) is 9.59 Å². The first-order chi connectivity index (χ1) is 12.5. The van der Waals surface area contributed by atoms with Crippen LogP contribution in [0.3, 0.4) is 0 Å². The van der Waals surface area contributed by atoms with E-state index in [1.165, 1.54) is 11.8 Å². The number of anilines is 1. The molecule has 1 atom stereocenters. The molecule has 0 spiro atoms. The Hall–Kier alpha value is -2.08. The number of aromatic amines is 1. The molecule has 0 bridgehead atoms. The van der Waals surface area contributed by atoms with Gasteiger partial charge in [-0.15, -0.1) is 0 Å². The number of fused-ring (bicyclic) bond motifs is 1. The molecular weight excluding hydrogens is 346 g/mol. The highest BCUT2D eigenvalue weighted by Crippen LogP contribution is 2.26. The largest absolute Gasteiger partial charge is 0.325 e. The van der Waals surface area contributed by atoms with E-state index in [4.69, 9.17) is 0 Å². The van der Waals surface area contributed by atoms with Crippen molar-refractivity contribution in [2.75, 3.05) is 5.32 Å². The summed E-state index contributed by atoms with van der Waals surface area (Å²) < 4.78 is 0. The van der Waals surface area contributed by atoms with Gasteiger partial charge in [-0.05, 0) is 63.1 Å². The molecule has 0 radical (unpaired) electrons. The molecular formula is C20H25N3O2S. The average Bonchev–Trinajstić information content (AvgIpc) is 2.63. The van der Waals surface area contributed by atoms with Crippen LogP contribution in [0.2, 0.25) is 0 Å². The van der Waals surface area contributed by atoms with Crippen LogP contribution in [0.5, 0.6) is 0 Å². The number of hydrogen-bond donors (Lipinski definition) is 2. The maximum atomic E-state index is 12.7. The lowest BCUT2D eigenvalue weighted by molar-refractivity contribution is -0.115. The molecule has 6 heteroatoms. The predicted octanol–water partition coefficient (Wildman–Crippen LogP) is 3.77. The Balaban J connectivity index is 1.77. The molecule has 0 aliphatic heterocycles. The number of aryl methyl sites for hydroxylation is 2. The number of carbonyl (C=O) groups excluding carboxylic acids is 1. The van der Waals surface area contributed by atoms with Crippen molar-refractivity contribution in [2.45, 2.75) is 63.3 Å². The third kappa shape index (κ3) is 4.01. The van der Waals surface area contributed by atoms with E-state index in [0.29, 0.717) is 11.6 Å². The molecule has 0 saturated carbocycles. The number of H-pyrrole nitrogens is 1. The fraction of sp³-hybridized carbons (Fsp3) is 0.450. The van der Waals surface area contributed by atoms with Gasteiger partial charge in [-0.3, -0.25) is 9.59 Å². The van der Waals surface area contributed by atoms with E-state index < -0.39 is 0 Å². The monoisotopic (exact) mass is 371 g/mol. The molecule has 1 heterocycles. The van der Waals surface area contributed by atoms with Crippen LogP contribution >= 0.6 is 11.8 Å². The van der Waals surface area contributed by atoms with Crippen molar-refractivity contribution in [2.24, 2.45) is 0 Å². The van der Waals surface area contributed by atoms with E-state index >= 15 is 0 Å². The summed E-state index contributed by atoms with van der Waals surface area (Å²) in [5.41, 5.74) is 4.70. The molecule has 138 valence electrons. The van der Waals surface area contributed by atoms with Crippen LogP contribution in [0.4, 0.5) is 5.69 Å². The highest BCUT2D eigenvalue weighted by Gasteiger charge is 2.22. The molecule has 1 amide bonds. The van der Waals surface area contributed by atoms with Gasteiger partial charge in [0.2, 0.25) is 5.91 Å². The van der Waals surface area contributed by atoms with Gasteiger partial charge in [0, 0.05) is 11.3 Å². The summed E-state index contributed by atoms with van der Waals surface area (Å²) in [4.78, 5) is 32.5. The van der Waals surface area contributed by atoms with Crippen molar-refractivity contribution in [3.8, 4) is 0 Å². The Morgan fingerprint density at radius 3 is 2.85 bits per heavy atom. The third-order valence-corrected chi connectivity index (χ3v) is 6.20. The molecule has 5 nitrogen and oxygen atoms in total. The molecule has 3 rings (SSSR count). The van der Waals surface area contributed by atoms with E-state index in [1.807, 2.05) is 39.0 Å². The summed E-state index contributed by atoms with van der Waals surface area (Å²) in [5, 5.41) is 3.25. The van der Waals surface area contributed by atoms with Crippen molar-refractivity contribution in [1.29, 1.82) is 0 Å². The number of hydrogen-bond acceptors (Lipinski definition) is 4. The standard InChI is InChI=1S/C20H25N3O2S/c1-4-17(19(25)21-15-11-7-8-12(2)13(15)3)26-20-22-16-10-6-5-9-14(16)18(24)23-20/h7-8,11,17H,4-6,9-10H2,1-3H3,(H,21,25)(H,22,23,24). The number of aromatic nitrogens is 2. The smallest absolute Gasteiger partial charge is 0.254 e. The van der Waals surface area contributed by atoms with Gasteiger partial charge in [0.25, 0.3) is 5.56 Å². The first kappa shape index (κ1) is 18.7. The summed E-state index contributed by atoms with van der Waals surface area (Å²) in [6.07, 6.45) is 4.41. The Kier molecular flexibility index (Phi) is 5.81. The molecule has 1 aromatic heterocycles. The van der Waals surface area contributed by atoms with E-state index in [-0.39, 0.29) is 16.7 Å². The average molecular weight is 372 g/mol. The van der Waals surface area contributed by atoms with Gasteiger partial charge >= 0.3 is 0 Å². The minimum absolute atomic E-state index is 0.0537. The molecule has 26 heavy (non-hydrogen) atoms. The normalized spacial score (nSPS) is 14.6.